The average molecular weight is 224 g/mol. The summed E-state index contributed by atoms with van der Waals surface area (Å²) < 4.78 is 9.63. The fourth-order valence-corrected chi connectivity index (χ4v) is 3.14. The first kappa shape index (κ1) is 11.2. The number of rotatable bonds is 2. The van der Waals surface area contributed by atoms with Crippen LogP contribution in [0.5, 0.6) is 0 Å². The zero-order chi connectivity index (χ0) is 11.9. The van der Waals surface area contributed by atoms with Crippen LogP contribution in [0.15, 0.2) is 12.2 Å². The van der Waals surface area contributed by atoms with Gasteiger partial charge in [-0.2, -0.15) is 0 Å². The van der Waals surface area contributed by atoms with Gasteiger partial charge in [0, 0.05) is 0 Å². The third-order valence-corrected chi connectivity index (χ3v) is 4.04. The second kappa shape index (κ2) is 3.61. The van der Waals surface area contributed by atoms with Gasteiger partial charge >= 0.3 is 11.9 Å². The number of fused-ring (bicyclic) bond motifs is 2. The second-order valence-electron chi connectivity index (χ2n) is 4.67. The van der Waals surface area contributed by atoms with Gasteiger partial charge in [0.15, 0.2) is 0 Å². The number of carbonyl (C=O) groups excluding carboxylic acids is 2. The minimum atomic E-state index is -0.763. The van der Waals surface area contributed by atoms with Crippen molar-refractivity contribution in [3.63, 3.8) is 0 Å². The maximum Gasteiger partial charge on any atom is 0.313 e. The van der Waals surface area contributed by atoms with Gasteiger partial charge < -0.3 is 9.47 Å². The maximum atomic E-state index is 11.9. The molecule has 0 N–H and O–H groups in total. The SMILES string of the molecule is COC(=O)C1C2C=CC(C2)C1(C)C(=O)OC. The van der Waals surface area contributed by atoms with Crippen molar-refractivity contribution in [2.24, 2.45) is 23.2 Å². The molecule has 0 aromatic heterocycles. The van der Waals surface area contributed by atoms with E-state index < -0.39 is 11.3 Å². The molecule has 0 aromatic carbocycles. The van der Waals surface area contributed by atoms with Crippen molar-refractivity contribution in [2.75, 3.05) is 14.2 Å². The topological polar surface area (TPSA) is 52.6 Å². The third kappa shape index (κ3) is 1.22. The molecule has 0 saturated heterocycles. The van der Waals surface area contributed by atoms with Gasteiger partial charge in [-0.3, -0.25) is 9.59 Å². The molecule has 1 saturated carbocycles. The van der Waals surface area contributed by atoms with Crippen LogP contribution >= 0.6 is 0 Å². The number of carbonyl (C=O) groups is 2. The molecule has 16 heavy (non-hydrogen) atoms. The molecule has 0 heterocycles. The number of methoxy groups -OCH3 is 2. The summed E-state index contributed by atoms with van der Waals surface area (Å²) in [7, 11) is 2.72. The Kier molecular flexibility index (Phi) is 2.52. The minimum absolute atomic E-state index is 0.0917. The van der Waals surface area contributed by atoms with E-state index in [4.69, 9.17) is 9.47 Å². The average Bonchev–Trinajstić information content (AvgIpc) is 2.86. The fourth-order valence-electron chi connectivity index (χ4n) is 3.14. The molecule has 0 spiro atoms. The lowest BCUT2D eigenvalue weighted by molar-refractivity contribution is -0.166. The molecule has 2 bridgehead atoms. The normalized spacial score (nSPS) is 39.8. The van der Waals surface area contributed by atoms with E-state index in [1.807, 2.05) is 12.2 Å². The van der Waals surface area contributed by atoms with Gasteiger partial charge in [0.25, 0.3) is 0 Å². The predicted octanol–water partition coefficient (Wildman–Crippen LogP) is 1.16. The minimum Gasteiger partial charge on any atom is -0.469 e. The Hall–Kier alpha value is -1.32. The molecule has 0 aliphatic heterocycles. The molecular weight excluding hydrogens is 208 g/mol. The Balaban J connectivity index is 2.38. The van der Waals surface area contributed by atoms with Crippen molar-refractivity contribution in [1.82, 2.24) is 0 Å². The van der Waals surface area contributed by atoms with Crippen LogP contribution in [0.2, 0.25) is 0 Å². The van der Waals surface area contributed by atoms with Crippen LogP contribution in [0.25, 0.3) is 0 Å². The molecule has 2 rings (SSSR count). The molecule has 2 aliphatic carbocycles. The zero-order valence-corrected chi connectivity index (χ0v) is 9.73. The summed E-state index contributed by atoms with van der Waals surface area (Å²) in [6, 6.07) is 0. The lowest BCUT2D eigenvalue weighted by Crippen LogP contribution is -2.44. The van der Waals surface area contributed by atoms with E-state index in [9.17, 15) is 9.59 Å². The highest BCUT2D eigenvalue weighted by molar-refractivity contribution is 5.87. The molecule has 4 nitrogen and oxygen atoms in total. The Bertz CT molecular complexity index is 360. The van der Waals surface area contributed by atoms with Gasteiger partial charge in [-0.05, 0) is 25.2 Å². The molecule has 2 aliphatic rings. The summed E-state index contributed by atoms with van der Waals surface area (Å²) in [5.41, 5.74) is -0.763. The van der Waals surface area contributed by atoms with E-state index >= 15 is 0 Å². The molecule has 0 amide bonds. The standard InChI is InChI=1S/C12H16O4/c1-12(11(14)16-3)8-5-4-7(6-8)9(12)10(13)15-2/h4-5,7-9H,6H2,1-3H3. The smallest absolute Gasteiger partial charge is 0.313 e. The van der Waals surface area contributed by atoms with Gasteiger partial charge in [-0.1, -0.05) is 12.2 Å². The Labute approximate surface area is 94.6 Å². The molecular formula is C12H16O4. The van der Waals surface area contributed by atoms with Crippen molar-refractivity contribution in [3.8, 4) is 0 Å². The first-order chi connectivity index (χ1) is 7.55. The Morgan fingerprint density at radius 1 is 1.25 bits per heavy atom. The van der Waals surface area contributed by atoms with Gasteiger partial charge in [0.2, 0.25) is 0 Å². The van der Waals surface area contributed by atoms with E-state index in [-0.39, 0.29) is 23.8 Å². The van der Waals surface area contributed by atoms with Crippen LogP contribution in [-0.2, 0) is 19.1 Å². The summed E-state index contributed by atoms with van der Waals surface area (Å²) in [6.07, 6.45) is 4.86. The first-order valence-electron chi connectivity index (χ1n) is 5.40. The number of hydrogen-bond acceptors (Lipinski definition) is 4. The predicted molar refractivity (Wildman–Crippen MR) is 56.4 cm³/mol. The number of ether oxygens (including phenoxy) is 2. The highest BCUT2D eigenvalue weighted by Gasteiger charge is 2.61. The van der Waals surface area contributed by atoms with Crippen molar-refractivity contribution in [1.29, 1.82) is 0 Å². The van der Waals surface area contributed by atoms with Crippen LogP contribution < -0.4 is 0 Å². The molecule has 0 aromatic rings. The van der Waals surface area contributed by atoms with Crippen LogP contribution in [0.1, 0.15) is 13.3 Å². The highest BCUT2D eigenvalue weighted by atomic mass is 16.5. The largest absolute Gasteiger partial charge is 0.469 e. The van der Waals surface area contributed by atoms with Crippen molar-refractivity contribution >= 4 is 11.9 Å². The van der Waals surface area contributed by atoms with E-state index in [2.05, 4.69) is 0 Å². The molecule has 0 radical (unpaired) electrons. The van der Waals surface area contributed by atoms with Crippen molar-refractivity contribution in [2.45, 2.75) is 13.3 Å². The summed E-state index contributed by atoms with van der Waals surface area (Å²) in [6.45, 7) is 1.80. The lowest BCUT2D eigenvalue weighted by atomic mass is 9.70. The Morgan fingerprint density at radius 3 is 2.50 bits per heavy atom. The van der Waals surface area contributed by atoms with E-state index in [0.29, 0.717) is 0 Å². The van der Waals surface area contributed by atoms with Crippen molar-refractivity contribution in [3.05, 3.63) is 12.2 Å². The molecule has 4 atom stereocenters. The first-order valence-corrected chi connectivity index (χ1v) is 5.40. The number of esters is 2. The van der Waals surface area contributed by atoms with E-state index in [1.165, 1.54) is 14.2 Å². The number of hydrogen-bond donors (Lipinski definition) is 0. The van der Waals surface area contributed by atoms with Crippen LogP contribution in [0.4, 0.5) is 0 Å². The third-order valence-electron chi connectivity index (χ3n) is 4.04. The highest BCUT2D eigenvalue weighted by Crippen LogP contribution is 2.56. The molecule has 4 unspecified atom stereocenters. The molecule has 4 heteroatoms. The quantitative estimate of drug-likeness (QED) is 0.521. The van der Waals surface area contributed by atoms with E-state index in [0.717, 1.165) is 6.42 Å². The lowest BCUT2D eigenvalue weighted by Gasteiger charge is -2.34. The van der Waals surface area contributed by atoms with E-state index in [1.54, 1.807) is 6.92 Å². The summed E-state index contributed by atoms with van der Waals surface area (Å²) in [5.74, 6) is -0.833. The van der Waals surface area contributed by atoms with Gasteiger partial charge in [-0.25, -0.2) is 0 Å². The van der Waals surface area contributed by atoms with Crippen LogP contribution in [-0.4, -0.2) is 26.2 Å². The van der Waals surface area contributed by atoms with Crippen LogP contribution in [0.3, 0.4) is 0 Å². The number of allylic oxidation sites excluding steroid dienone is 2. The Morgan fingerprint density at radius 2 is 1.94 bits per heavy atom. The molecule has 1 fully saturated rings. The van der Waals surface area contributed by atoms with Crippen molar-refractivity contribution < 1.29 is 19.1 Å². The van der Waals surface area contributed by atoms with Gasteiger partial charge in [0.05, 0.1) is 25.6 Å². The van der Waals surface area contributed by atoms with Gasteiger partial charge in [-0.15, -0.1) is 0 Å². The molecule has 88 valence electrons. The summed E-state index contributed by atoms with van der Waals surface area (Å²) in [4.78, 5) is 23.7. The monoisotopic (exact) mass is 224 g/mol. The zero-order valence-electron chi connectivity index (χ0n) is 9.73. The fraction of sp³-hybridized carbons (Fsp3) is 0.667. The van der Waals surface area contributed by atoms with Gasteiger partial charge in [0.1, 0.15) is 0 Å². The maximum absolute atomic E-state index is 11.9. The summed E-state index contributed by atoms with van der Waals surface area (Å²) in [5, 5.41) is 0. The summed E-state index contributed by atoms with van der Waals surface area (Å²) >= 11 is 0. The van der Waals surface area contributed by atoms with Crippen LogP contribution in [0, 0.1) is 23.2 Å². The second-order valence-corrected chi connectivity index (χ2v) is 4.67.